The van der Waals surface area contributed by atoms with E-state index >= 15 is 0 Å². The lowest BCUT2D eigenvalue weighted by Crippen LogP contribution is -2.07. The van der Waals surface area contributed by atoms with Crippen molar-refractivity contribution in [1.82, 2.24) is 9.55 Å². The molecule has 0 spiro atoms. The second-order valence-electron chi connectivity index (χ2n) is 5.48. The van der Waals surface area contributed by atoms with Crippen molar-refractivity contribution in [3.8, 4) is 0 Å². The van der Waals surface area contributed by atoms with E-state index in [0.717, 1.165) is 11.1 Å². The van der Waals surface area contributed by atoms with Gasteiger partial charge in [-0.05, 0) is 29.3 Å². The van der Waals surface area contributed by atoms with Crippen molar-refractivity contribution < 1.29 is 4.79 Å². The van der Waals surface area contributed by atoms with Gasteiger partial charge in [-0.15, -0.1) is 0 Å². The summed E-state index contributed by atoms with van der Waals surface area (Å²) in [5.74, 6) is 0. The van der Waals surface area contributed by atoms with Crippen LogP contribution < -0.4 is 0 Å². The second kappa shape index (κ2) is 8.70. The normalized spacial score (nSPS) is 12.4. The maximum atomic E-state index is 12.4. The molecule has 0 amide bonds. The first-order valence-electron chi connectivity index (χ1n) is 7.85. The summed E-state index contributed by atoms with van der Waals surface area (Å²) in [6, 6.07) is 17.4. The summed E-state index contributed by atoms with van der Waals surface area (Å²) >= 11 is 7.29. The van der Waals surface area contributed by atoms with Gasteiger partial charge >= 0.3 is 0 Å². The van der Waals surface area contributed by atoms with E-state index in [2.05, 4.69) is 4.98 Å². The molecule has 3 rings (SSSR count). The molecule has 0 aliphatic heterocycles. The maximum Gasteiger partial charge on any atom is 0.212 e. The van der Waals surface area contributed by atoms with Crippen molar-refractivity contribution in [1.29, 1.82) is 0 Å². The Morgan fingerprint density at radius 3 is 2.60 bits per heavy atom. The summed E-state index contributed by atoms with van der Waals surface area (Å²) < 4.78 is 1.97. The fourth-order valence-corrected chi connectivity index (χ4v) is 3.48. The molecule has 25 heavy (non-hydrogen) atoms. The Hall–Kier alpha value is -2.30. The Bertz CT molecular complexity index is 830. The Labute approximate surface area is 156 Å². The van der Waals surface area contributed by atoms with Crippen molar-refractivity contribution in [3.63, 3.8) is 0 Å². The summed E-state index contributed by atoms with van der Waals surface area (Å²) in [4.78, 5) is 16.5. The fourth-order valence-electron chi connectivity index (χ4n) is 2.38. The summed E-state index contributed by atoms with van der Waals surface area (Å²) in [6.07, 6.45) is 8.85. The number of halogens is 1. The van der Waals surface area contributed by atoms with E-state index in [1.54, 1.807) is 18.6 Å². The number of rotatable bonds is 6. The molecule has 3 aromatic rings. The highest BCUT2D eigenvalue weighted by atomic mass is 35.5. The molecule has 0 aliphatic rings. The Morgan fingerprint density at radius 1 is 1.16 bits per heavy atom. The molecule has 0 saturated heterocycles. The van der Waals surface area contributed by atoms with Gasteiger partial charge in [-0.25, -0.2) is 4.98 Å². The van der Waals surface area contributed by atoms with E-state index in [-0.39, 0.29) is 10.4 Å². The topological polar surface area (TPSA) is 34.9 Å². The highest BCUT2D eigenvalue weighted by Gasteiger charge is 2.16. The molecule has 126 valence electrons. The molecule has 0 aliphatic carbocycles. The quantitative estimate of drug-likeness (QED) is 0.557. The fraction of sp³-hybridized carbons (Fsp3) is 0.100. The lowest BCUT2D eigenvalue weighted by atomic mass is 10.1. The Kier molecular flexibility index (Phi) is 6.09. The molecule has 0 fully saturated rings. The monoisotopic (exact) mass is 368 g/mol. The van der Waals surface area contributed by atoms with E-state index in [9.17, 15) is 4.79 Å². The number of carbonyl (C=O) groups is 1. The molecule has 1 aromatic heterocycles. The van der Waals surface area contributed by atoms with E-state index < -0.39 is 0 Å². The van der Waals surface area contributed by atoms with Gasteiger partial charge in [0.05, 0.1) is 11.6 Å². The van der Waals surface area contributed by atoms with Gasteiger partial charge in [-0.1, -0.05) is 71.9 Å². The zero-order chi connectivity index (χ0) is 17.5. The molecule has 0 bridgehead atoms. The lowest BCUT2D eigenvalue weighted by Gasteiger charge is -2.16. The smallest absolute Gasteiger partial charge is 0.212 e. The minimum atomic E-state index is -0.0145. The van der Waals surface area contributed by atoms with Gasteiger partial charge in [0.25, 0.3) is 0 Å². The van der Waals surface area contributed by atoms with Crippen LogP contribution in [-0.2, 0) is 11.3 Å². The first-order valence-corrected chi connectivity index (χ1v) is 9.11. The molecule has 1 atom stereocenters. The molecule has 0 saturated carbocycles. The van der Waals surface area contributed by atoms with Crippen LogP contribution in [0.15, 0.2) is 79.4 Å². The number of imidazole rings is 1. The largest absolute Gasteiger partial charge is 0.336 e. The Morgan fingerprint density at radius 2 is 1.92 bits per heavy atom. The molecule has 0 radical (unpaired) electrons. The van der Waals surface area contributed by atoms with Gasteiger partial charge in [0.15, 0.2) is 0 Å². The summed E-state index contributed by atoms with van der Waals surface area (Å²) in [7, 11) is 0. The third kappa shape index (κ3) is 5.34. The summed E-state index contributed by atoms with van der Waals surface area (Å²) in [5, 5.41) is 0.689. The third-order valence-corrected chi connectivity index (χ3v) is 4.97. The van der Waals surface area contributed by atoms with Gasteiger partial charge in [0.2, 0.25) is 5.12 Å². The number of benzene rings is 2. The highest BCUT2D eigenvalue weighted by molar-refractivity contribution is 8.14. The van der Waals surface area contributed by atoms with Crippen LogP contribution in [-0.4, -0.2) is 14.7 Å². The van der Waals surface area contributed by atoms with Crippen molar-refractivity contribution in [2.75, 3.05) is 0 Å². The third-order valence-electron chi connectivity index (χ3n) is 3.65. The zero-order valence-electron chi connectivity index (χ0n) is 13.5. The molecule has 5 heteroatoms. The average molecular weight is 369 g/mol. The maximum absolute atomic E-state index is 12.4. The van der Waals surface area contributed by atoms with E-state index in [1.807, 2.05) is 71.4 Å². The predicted molar refractivity (Wildman–Crippen MR) is 104 cm³/mol. The van der Waals surface area contributed by atoms with Gasteiger partial charge < -0.3 is 4.57 Å². The number of hydrogen-bond acceptors (Lipinski definition) is 3. The molecular formula is C20H17ClN2OS. The van der Waals surface area contributed by atoms with Crippen molar-refractivity contribution >= 4 is 34.6 Å². The summed E-state index contributed by atoms with van der Waals surface area (Å²) in [5.41, 5.74) is 2.07. The van der Waals surface area contributed by atoms with Crippen LogP contribution in [0.5, 0.6) is 0 Å². The number of carbonyl (C=O) groups excluding carboxylic acids is 1. The minimum absolute atomic E-state index is 0.0145. The van der Waals surface area contributed by atoms with Gasteiger partial charge in [0, 0.05) is 24.0 Å². The van der Waals surface area contributed by atoms with Crippen LogP contribution >= 0.6 is 23.4 Å². The van der Waals surface area contributed by atoms with Crippen molar-refractivity contribution in [2.45, 2.75) is 11.8 Å². The summed E-state index contributed by atoms with van der Waals surface area (Å²) in [6.45, 7) is 0.664. The molecule has 2 aromatic carbocycles. The van der Waals surface area contributed by atoms with Crippen LogP contribution in [0, 0.1) is 0 Å². The first-order chi connectivity index (χ1) is 12.2. The van der Waals surface area contributed by atoms with Crippen molar-refractivity contribution in [3.05, 3.63) is 95.5 Å². The molecule has 0 N–H and O–H groups in total. The SMILES string of the molecule is O=C(/C=C/c1ccccc1)SC(Cn1ccnc1)c1ccc(Cl)cc1. The molecule has 1 heterocycles. The predicted octanol–water partition coefficient (Wildman–Crippen LogP) is 5.25. The van der Waals surface area contributed by atoms with Crippen LogP contribution in [0.4, 0.5) is 0 Å². The lowest BCUT2D eigenvalue weighted by molar-refractivity contribution is -0.107. The number of nitrogens with zero attached hydrogens (tertiary/aromatic N) is 2. The van der Waals surface area contributed by atoms with Crippen LogP contribution in [0.3, 0.4) is 0 Å². The molecule has 1 unspecified atom stereocenters. The van der Waals surface area contributed by atoms with E-state index in [0.29, 0.717) is 11.6 Å². The van der Waals surface area contributed by atoms with Gasteiger partial charge in [-0.2, -0.15) is 0 Å². The molecule has 3 nitrogen and oxygen atoms in total. The van der Waals surface area contributed by atoms with Crippen LogP contribution in [0.25, 0.3) is 6.08 Å². The molecular weight excluding hydrogens is 352 g/mol. The number of hydrogen-bond donors (Lipinski definition) is 0. The second-order valence-corrected chi connectivity index (χ2v) is 7.12. The number of aromatic nitrogens is 2. The van der Waals surface area contributed by atoms with E-state index in [4.69, 9.17) is 11.6 Å². The van der Waals surface area contributed by atoms with Crippen LogP contribution in [0.1, 0.15) is 16.4 Å². The van der Waals surface area contributed by atoms with Crippen molar-refractivity contribution in [2.24, 2.45) is 0 Å². The van der Waals surface area contributed by atoms with Gasteiger partial charge in [-0.3, -0.25) is 4.79 Å². The standard InChI is InChI=1S/C20H17ClN2OS/c21-18-9-7-17(8-10-18)19(14-23-13-12-22-15-23)25-20(24)11-6-16-4-2-1-3-5-16/h1-13,15,19H,14H2/b11-6+. The number of thioether (sulfide) groups is 1. The minimum Gasteiger partial charge on any atom is -0.336 e. The van der Waals surface area contributed by atoms with Gasteiger partial charge in [0.1, 0.15) is 0 Å². The average Bonchev–Trinajstić information content (AvgIpc) is 3.14. The first kappa shape index (κ1) is 17.5. The Balaban J connectivity index is 1.73. The zero-order valence-corrected chi connectivity index (χ0v) is 15.0. The highest BCUT2D eigenvalue weighted by Crippen LogP contribution is 2.32. The van der Waals surface area contributed by atoms with Crippen LogP contribution in [0.2, 0.25) is 5.02 Å². The van der Waals surface area contributed by atoms with E-state index in [1.165, 1.54) is 11.8 Å².